The van der Waals surface area contributed by atoms with Gasteiger partial charge in [-0.05, 0) is 45.0 Å². The SMILES string of the molecule is CC(C)C[C@@H]1NC(=O)CN(C(=O)CN(C)C)CCN(C)C(=O)[C@H](C)NC(=O)CN(C)C(=O)[C@@H](Cc2c[nH]c3ccccc23)NC(=O)c2csc1n2. The van der Waals surface area contributed by atoms with Gasteiger partial charge in [-0.25, -0.2) is 4.98 Å². The lowest BCUT2D eigenvalue weighted by molar-refractivity contribution is -0.139. The lowest BCUT2D eigenvalue weighted by atomic mass is 10.0. The van der Waals surface area contributed by atoms with Crippen molar-refractivity contribution in [2.75, 3.05) is 60.9 Å². The van der Waals surface area contributed by atoms with Crippen LogP contribution in [0.4, 0.5) is 0 Å². The van der Waals surface area contributed by atoms with Crippen molar-refractivity contribution < 1.29 is 28.8 Å². The van der Waals surface area contributed by atoms with Gasteiger partial charge in [-0.1, -0.05) is 32.0 Å². The molecule has 0 spiro atoms. The molecule has 1 aliphatic heterocycles. The third-order valence-corrected chi connectivity index (χ3v) is 9.48. The summed E-state index contributed by atoms with van der Waals surface area (Å²) in [7, 11) is 6.51. The number of rotatable bonds is 6. The minimum absolute atomic E-state index is 0.0608. The van der Waals surface area contributed by atoms with Crippen LogP contribution in [-0.2, 0) is 30.4 Å². The predicted octanol–water partition coefficient (Wildman–Crippen LogP) is 0.994. The van der Waals surface area contributed by atoms with Crippen LogP contribution in [-0.4, -0.2) is 138 Å². The Morgan fingerprint density at radius 2 is 1.65 bits per heavy atom. The Morgan fingerprint density at radius 1 is 0.941 bits per heavy atom. The lowest BCUT2D eigenvalue weighted by Crippen LogP contribution is -2.53. The number of hydrogen-bond donors (Lipinski definition) is 4. The van der Waals surface area contributed by atoms with Crippen molar-refractivity contribution in [3.63, 3.8) is 0 Å². The van der Waals surface area contributed by atoms with E-state index in [2.05, 4.69) is 25.9 Å². The molecule has 51 heavy (non-hydrogen) atoms. The molecular weight excluding hydrogens is 675 g/mol. The van der Waals surface area contributed by atoms with Gasteiger partial charge < -0.3 is 40.5 Å². The van der Waals surface area contributed by atoms with Crippen molar-refractivity contribution in [1.82, 2.24) is 45.5 Å². The van der Waals surface area contributed by atoms with Gasteiger partial charge in [-0.15, -0.1) is 11.3 Å². The molecule has 4 N–H and O–H groups in total. The Hall–Kier alpha value is -4.83. The summed E-state index contributed by atoms with van der Waals surface area (Å²) in [5, 5.41) is 11.5. The third kappa shape index (κ3) is 10.6. The van der Waals surface area contributed by atoms with Crippen molar-refractivity contribution in [2.24, 2.45) is 5.92 Å². The molecule has 4 rings (SSSR count). The fourth-order valence-electron chi connectivity index (χ4n) is 5.89. The first-order valence-corrected chi connectivity index (χ1v) is 17.8. The molecule has 15 nitrogen and oxygen atoms in total. The van der Waals surface area contributed by atoms with Gasteiger partial charge in [-0.3, -0.25) is 28.8 Å². The van der Waals surface area contributed by atoms with E-state index in [4.69, 9.17) is 0 Å². The summed E-state index contributed by atoms with van der Waals surface area (Å²) >= 11 is 1.21. The molecule has 3 atom stereocenters. The number of aromatic nitrogens is 2. The topological polar surface area (TPSA) is 180 Å². The maximum Gasteiger partial charge on any atom is 0.271 e. The summed E-state index contributed by atoms with van der Waals surface area (Å²) in [4.78, 5) is 94.0. The minimum Gasteiger partial charge on any atom is -0.361 e. The average Bonchev–Trinajstić information content (AvgIpc) is 3.72. The Labute approximate surface area is 302 Å². The standard InChI is InChI=1S/C35H49N9O6S/c1-21(2)14-26-33-40-28(20-51-33)32(48)39-27(15-23-16-36-25-11-9-8-10-24(23)25)35(50)43(7)17-29(45)37-22(3)34(49)42(6)12-13-44(18-30(46)38-26)31(47)19-41(4)5/h8-11,16,20-22,26-27,36H,12-15,17-19H2,1-7H3,(H,37,45)(H,38,46)(H,39,48)/t22-,26-,27+/m0/s1. The summed E-state index contributed by atoms with van der Waals surface area (Å²) in [6.45, 7) is 5.18. The first-order chi connectivity index (χ1) is 24.1. The fraction of sp³-hybridized carbons (Fsp3) is 0.514. The van der Waals surface area contributed by atoms with E-state index in [0.717, 1.165) is 16.5 Å². The second-order valence-electron chi connectivity index (χ2n) is 13.7. The molecule has 3 aromatic rings. The molecule has 2 aromatic heterocycles. The van der Waals surface area contributed by atoms with Gasteiger partial charge in [0, 0.05) is 56.1 Å². The number of likely N-dealkylation sites (N-methyl/N-ethyl adjacent to an activating group) is 3. The largest absolute Gasteiger partial charge is 0.361 e. The third-order valence-electron chi connectivity index (χ3n) is 8.52. The van der Waals surface area contributed by atoms with E-state index in [1.807, 2.05) is 38.1 Å². The van der Waals surface area contributed by atoms with E-state index < -0.39 is 47.7 Å². The normalized spacial score (nSPS) is 20.8. The highest BCUT2D eigenvalue weighted by molar-refractivity contribution is 7.09. The van der Waals surface area contributed by atoms with Crippen molar-refractivity contribution in [2.45, 2.75) is 51.7 Å². The van der Waals surface area contributed by atoms with Gasteiger partial charge in [0.15, 0.2) is 0 Å². The van der Waals surface area contributed by atoms with Crippen molar-refractivity contribution >= 4 is 57.7 Å². The van der Waals surface area contributed by atoms with E-state index in [9.17, 15) is 28.8 Å². The number of benzene rings is 1. The zero-order valence-electron chi connectivity index (χ0n) is 30.3. The number of amides is 6. The second-order valence-corrected chi connectivity index (χ2v) is 14.6. The number of nitrogens with one attached hydrogen (secondary N) is 4. The summed E-state index contributed by atoms with van der Waals surface area (Å²) in [5.41, 5.74) is 1.75. The smallest absolute Gasteiger partial charge is 0.271 e. The molecule has 6 amide bonds. The van der Waals surface area contributed by atoms with Gasteiger partial charge in [0.2, 0.25) is 29.5 Å². The van der Waals surface area contributed by atoms with E-state index >= 15 is 0 Å². The van der Waals surface area contributed by atoms with E-state index in [0.29, 0.717) is 11.4 Å². The van der Waals surface area contributed by atoms with Gasteiger partial charge >= 0.3 is 0 Å². The summed E-state index contributed by atoms with van der Waals surface area (Å²) in [6.07, 6.45) is 2.44. The predicted molar refractivity (Wildman–Crippen MR) is 194 cm³/mol. The molecule has 0 saturated heterocycles. The molecular formula is C35H49N9O6S. The van der Waals surface area contributed by atoms with Crippen molar-refractivity contribution in [1.29, 1.82) is 0 Å². The van der Waals surface area contributed by atoms with Gasteiger partial charge in [0.1, 0.15) is 22.8 Å². The summed E-state index contributed by atoms with van der Waals surface area (Å²) in [5.74, 6) is -2.62. The molecule has 0 fully saturated rings. The Morgan fingerprint density at radius 3 is 2.35 bits per heavy atom. The Kier molecular flexibility index (Phi) is 13.3. The van der Waals surface area contributed by atoms with E-state index in [1.165, 1.54) is 40.0 Å². The Balaban J connectivity index is 1.68. The quantitative estimate of drug-likeness (QED) is 0.291. The first-order valence-electron chi connectivity index (χ1n) is 16.9. The number of H-pyrrole nitrogens is 1. The van der Waals surface area contributed by atoms with E-state index in [1.54, 1.807) is 37.6 Å². The molecule has 276 valence electrons. The number of thiazole rings is 1. The Bertz CT molecular complexity index is 1740. The minimum atomic E-state index is -1.06. The molecule has 16 heteroatoms. The maximum atomic E-state index is 13.9. The monoisotopic (exact) mass is 723 g/mol. The lowest BCUT2D eigenvalue weighted by Gasteiger charge is -2.29. The molecule has 1 aromatic carbocycles. The molecule has 0 radical (unpaired) electrons. The second kappa shape index (κ2) is 17.4. The summed E-state index contributed by atoms with van der Waals surface area (Å²) < 4.78 is 0. The number of hydrogen-bond acceptors (Lipinski definition) is 9. The zero-order valence-corrected chi connectivity index (χ0v) is 31.1. The zero-order chi connectivity index (χ0) is 37.4. The number of fused-ring (bicyclic) bond motifs is 3. The highest BCUT2D eigenvalue weighted by Gasteiger charge is 2.30. The molecule has 0 aliphatic carbocycles. The fourth-order valence-corrected chi connectivity index (χ4v) is 6.76. The highest BCUT2D eigenvalue weighted by atomic mass is 32.1. The van der Waals surface area contributed by atoms with Crippen LogP contribution < -0.4 is 16.0 Å². The van der Waals surface area contributed by atoms with Crippen molar-refractivity contribution in [3.05, 3.63) is 52.1 Å². The number of aromatic amines is 1. The van der Waals surface area contributed by atoms with E-state index in [-0.39, 0.29) is 56.7 Å². The van der Waals surface area contributed by atoms with Crippen LogP contribution in [0.1, 0.15) is 54.3 Å². The van der Waals surface area contributed by atoms with Gasteiger partial charge in [-0.2, -0.15) is 0 Å². The molecule has 0 unspecified atom stereocenters. The van der Waals surface area contributed by atoms with Crippen molar-refractivity contribution in [3.8, 4) is 0 Å². The van der Waals surface area contributed by atoms with Crippen LogP contribution in [0.3, 0.4) is 0 Å². The molecule has 3 heterocycles. The number of para-hydroxylation sites is 1. The maximum absolute atomic E-state index is 13.9. The average molecular weight is 724 g/mol. The van der Waals surface area contributed by atoms with Crippen LogP contribution in [0.25, 0.3) is 10.9 Å². The number of nitrogens with zero attached hydrogens (tertiary/aromatic N) is 5. The van der Waals surface area contributed by atoms with Gasteiger partial charge in [0.05, 0.1) is 25.7 Å². The van der Waals surface area contributed by atoms with Crippen LogP contribution in [0.5, 0.6) is 0 Å². The van der Waals surface area contributed by atoms with Crippen LogP contribution in [0.2, 0.25) is 0 Å². The summed E-state index contributed by atoms with van der Waals surface area (Å²) in [6, 6.07) is 5.07. The molecule has 0 saturated carbocycles. The number of carbonyl (C=O) groups excluding carboxylic acids is 6. The highest BCUT2D eigenvalue weighted by Crippen LogP contribution is 2.25. The van der Waals surface area contributed by atoms with Crippen LogP contribution >= 0.6 is 11.3 Å². The van der Waals surface area contributed by atoms with Crippen LogP contribution in [0, 0.1) is 5.92 Å². The molecule has 1 aliphatic rings. The van der Waals surface area contributed by atoms with Gasteiger partial charge in [0.25, 0.3) is 5.91 Å². The number of carbonyl (C=O) groups is 6. The van der Waals surface area contributed by atoms with Crippen LogP contribution in [0.15, 0.2) is 35.8 Å². The first kappa shape index (κ1) is 39.0. The molecule has 2 bridgehead atoms.